The van der Waals surface area contributed by atoms with Crippen LogP contribution in [0.1, 0.15) is 17.2 Å². The van der Waals surface area contributed by atoms with Gasteiger partial charge in [0, 0.05) is 20.2 Å². The van der Waals surface area contributed by atoms with Crippen LogP contribution in [0.4, 0.5) is 0 Å². The lowest BCUT2D eigenvalue weighted by atomic mass is 10.1. The van der Waals surface area contributed by atoms with Crippen molar-refractivity contribution in [1.29, 1.82) is 0 Å². The Balaban J connectivity index is 2.02. The smallest absolute Gasteiger partial charge is 0.157 e. The van der Waals surface area contributed by atoms with Gasteiger partial charge < -0.3 is 14.9 Å². The van der Waals surface area contributed by atoms with Crippen molar-refractivity contribution in [1.82, 2.24) is 4.90 Å². The predicted molar refractivity (Wildman–Crippen MR) is 82.3 cm³/mol. The molecule has 2 aromatic rings. The third kappa shape index (κ3) is 4.21. The molecule has 4 nitrogen and oxygen atoms in total. The monoisotopic (exact) mass is 287 g/mol. The van der Waals surface area contributed by atoms with E-state index in [-0.39, 0.29) is 17.6 Å². The van der Waals surface area contributed by atoms with Crippen LogP contribution in [0.5, 0.6) is 11.5 Å². The summed E-state index contributed by atoms with van der Waals surface area (Å²) in [6.45, 7) is 1.51. The molecule has 0 aromatic heterocycles. The Bertz CT molecular complexity index is 572. The number of hydrogen-bond donors (Lipinski definition) is 2. The molecule has 0 spiro atoms. The fourth-order valence-corrected chi connectivity index (χ4v) is 2.30. The van der Waals surface area contributed by atoms with E-state index in [9.17, 15) is 10.2 Å². The second-order valence-corrected chi connectivity index (χ2v) is 5.15. The molecule has 1 atom stereocenters. The van der Waals surface area contributed by atoms with Crippen LogP contribution >= 0.6 is 0 Å². The van der Waals surface area contributed by atoms with Gasteiger partial charge in [-0.3, -0.25) is 4.90 Å². The first-order chi connectivity index (χ1) is 10.1. The maximum absolute atomic E-state index is 9.59. The number of rotatable bonds is 6. The number of hydrogen-bond acceptors (Lipinski definition) is 4. The van der Waals surface area contributed by atoms with Gasteiger partial charge in [0.25, 0.3) is 0 Å². The third-order valence-electron chi connectivity index (χ3n) is 3.43. The molecular weight excluding hydrogens is 266 g/mol. The van der Waals surface area contributed by atoms with E-state index in [1.54, 1.807) is 19.2 Å². The number of nitrogens with zero attached hydrogens (tertiary/aromatic N) is 1. The summed E-state index contributed by atoms with van der Waals surface area (Å²) < 4.78 is 5.51. The molecule has 1 unspecified atom stereocenters. The van der Waals surface area contributed by atoms with E-state index in [1.165, 1.54) is 11.6 Å². The molecule has 0 amide bonds. The first-order valence-corrected chi connectivity index (χ1v) is 6.87. The van der Waals surface area contributed by atoms with E-state index in [4.69, 9.17) is 4.74 Å². The summed E-state index contributed by atoms with van der Waals surface area (Å²) in [4.78, 5) is 2.16. The van der Waals surface area contributed by atoms with Gasteiger partial charge in [-0.25, -0.2) is 0 Å². The van der Waals surface area contributed by atoms with Crippen molar-refractivity contribution in [3.05, 3.63) is 59.7 Å². The van der Waals surface area contributed by atoms with Gasteiger partial charge in [0.1, 0.15) is 0 Å². The average molecular weight is 287 g/mol. The average Bonchev–Trinajstić information content (AvgIpc) is 2.49. The van der Waals surface area contributed by atoms with E-state index >= 15 is 0 Å². The van der Waals surface area contributed by atoms with Gasteiger partial charge in [0.15, 0.2) is 11.5 Å². The third-order valence-corrected chi connectivity index (χ3v) is 3.43. The zero-order valence-electron chi connectivity index (χ0n) is 12.4. The quantitative estimate of drug-likeness (QED) is 0.802. The van der Waals surface area contributed by atoms with Gasteiger partial charge in [-0.2, -0.15) is 0 Å². The molecule has 112 valence electrons. The Morgan fingerprint density at radius 3 is 2.38 bits per heavy atom. The topological polar surface area (TPSA) is 52.9 Å². The molecule has 0 aliphatic rings. The molecule has 0 heterocycles. The minimum absolute atomic E-state index is 0.119. The number of phenolic OH excluding ortho intramolecular Hbond substituents is 2. The Kier molecular flexibility index (Phi) is 5.20. The molecule has 0 fully saturated rings. The van der Waals surface area contributed by atoms with Crippen LogP contribution < -0.4 is 0 Å². The summed E-state index contributed by atoms with van der Waals surface area (Å²) in [6.07, 6.45) is -0.162. The lowest BCUT2D eigenvalue weighted by Crippen LogP contribution is -2.25. The van der Waals surface area contributed by atoms with Crippen LogP contribution in [-0.2, 0) is 11.3 Å². The highest BCUT2D eigenvalue weighted by atomic mass is 16.5. The fraction of sp³-hybridized carbons (Fsp3) is 0.294. The summed E-state index contributed by atoms with van der Waals surface area (Å²) in [5.41, 5.74) is 2.08. The first-order valence-electron chi connectivity index (χ1n) is 6.87. The lowest BCUT2D eigenvalue weighted by Gasteiger charge is -2.23. The van der Waals surface area contributed by atoms with Crippen LogP contribution in [0.3, 0.4) is 0 Å². The van der Waals surface area contributed by atoms with Crippen molar-refractivity contribution >= 4 is 0 Å². The van der Waals surface area contributed by atoms with E-state index in [1.807, 2.05) is 25.2 Å². The zero-order chi connectivity index (χ0) is 15.2. The van der Waals surface area contributed by atoms with Crippen molar-refractivity contribution < 1.29 is 14.9 Å². The highest BCUT2D eigenvalue weighted by Gasteiger charge is 2.15. The molecule has 2 rings (SSSR count). The van der Waals surface area contributed by atoms with Crippen LogP contribution in [0.15, 0.2) is 48.5 Å². The lowest BCUT2D eigenvalue weighted by molar-refractivity contribution is 0.0694. The van der Waals surface area contributed by atoms with Crippen LogP contribution in [0.2, 0.25) is 0 Å². The first kappa shape index (κ1) is 15.4. The molecule has 0 bridgehead atoms. The maximum atomic E-state index is 9.59. The summed E-state index contributed by atoms with van der Waals surface area (Å²) in [6, 6.07) is 15.0. The van der Waals surface area contributed by atoms with E-state index in [0.717, 1.165) is 12.1 Å². The molecule has 4 heteroatoms. The molecule has 2 aromatic carbocycles. The van der Waals surface area contributed by atoms with Crippen LogP contribution in [0.25, 0.3) is 0 Å². The standard InChI is InChI=1S/C17H21NO3/c1-18(11-13-6-4-3-5-7-13)12-17(21-2)14-8-9-15(19)16(20)10-14/h3-10,17,19-20H,11-12H2,1-2H3. The normalized spacial score (nSPS) is 12.5. The predicted octanol–water partition coefficient (Wildman–Crippen LogP) is 2.92. The summed E-state index contributed by atoms with van der Waals surface area (Å²) in [7, 11) is 3.67. The molecule has 0 saturated carbocycles. The molecular formula is C17H21NO3. The van der Waals surface area contributed by atoms with Crippen molar-refractivity contribution in [2.45, 2.75) is 12.6 Å². The Labute approximate surface area is 125 Å². The number of methoxy groups -OCH3 is 1. The zero-order valence-corrected chi connectivity index (χ0v) is 12.4. The van der Waals surface area contributed by atoms with Crippen molar-refractivity contribution in [3.63, 3.8) is 0 Å². The molecule has 0 aliphatic heterocycles. The second-order valence-electron chi connectivity index (χ2n) is 5.15. The summed E-state index contributed by atoms with van der Waals surface area (Å²) in [5.74, 6) is -0.244. The van der Waals surface area contributed by atoms with Gasteiger partial charge in [0.2, 0.25) is 0 Å². The Morgan fingerprint density at radius 2 is 1.76 bits per heavy atom. The fourth-order valence-electron chi connectivity index (χ4n) is 2.30. The number of benzene rings is 2. The van der Waals surface area contributed by atoms with Crippen LogP contribution in [0, 0.1) is 0 Å². The molecule has 21 heavy (non-hydrogen) atoms. The highest BCUT2D eigenvalue weighted by molar-refractivity contribution is 5.41. The van der Waals surface area contributed by atoms with Crippen molar-refractivity contribution in [3.8, 4) is 11.5 Å². The van der Waals surface area contributed by atoms with E-state index in [0.29, 0.717) is 6.54 Å². The van der Waals surface area contributed by atoms with Gasteiger partial charge in [-0.1, -0.05) is 36.4 Å². The van der Waals surface area contributed by atoms with Gasteiger partial charge in [0.05, 0.1) is 6.10 Å². The minimum atomic E-state index is -0.162. The molecule has 0 saturated heterocycles. The largest absolute Gasteiger partial charge is 0.504 e. The minimum Gasteiger partial charge on any atom is -0.504 e. The number of likely N-dealkylation sites (N-methyl/N-ethyl adjacent to an activating group) is 1. The van der Waals surface area contributed by atoms with Gasteiger partial charge in [-0.05, 0) is 30.3 Å². The van der Waals surface area contributed by atoms with Crippen molar-refractivity contribution in [2.24, 2.45) is 0 Å². The highest BCUT2D eigenvalue weighted by Crippen LogP contribution is 2.29. The van der Waals surface area contributed by atoms with Crippen molar-refractivity contribution in [2.75, 3.05) is 20.7 Å². The second kappa shape index (κ2) is 7.11. The summed E-state index contributed by atoms with van der Waals surface area (Å²) in [5, 5.41) is 19.0. The van der Waals surface area contributed by atoms with Gasteiger partial charge >= 0.3 is 0 Å². The van der Waals surface area contributed by atoms with Gasteiger partial charge in [-0.15, -0.1) is 0 Å². The maximum Gasteiger partial charge on any atom is 0.157 e. The number of aromatic hydroxyl groups is 2. The van der Waals surface area contributed by atoms with E-state index < -0.39 is 0 Å². The SMILES string of the molecule is COC(CN(C)Cc1ccccc1)c1ccc(O)c(O)c1. The molecule has 0 radical (unpaired) electrons. The van der Waals surface area contributed by atoms with E-state index in [2.05, 4.69) is 17.0 Å². The van der Waals surface area contributed by atoms with Crippen LogP contribution in [-0.4, -0.2) is 35.8 Å². The Hall–Kier alpha value is -2.04. The number of ether oxygens (including phenoxy) is 1. The number of phenols is 2. The summed E-state index contributed by atoms with van der Waals surface area (Å²) >= 11 is 0. The molecule has 2 N–H and O–H groups in total. The Morgan fingerprint density at radius 1 is 1.05 bits per heavy atom. The molecule has 0 aliphatic carbocycles.